The van der Waals surface area contributed by atoms with Gasteiger partial charge in [-0.05, 0) is 17.2 Å². The van der Waals surface area contributed by atoms with E-state index in [4.69, 9.17) is 0 Å². The minimum Gasteiger partial charge on any atom is -0.139 e. The van der Waals surface area contributed by atoms with Gasteiger partial charge in [-0.1, -0.05) is 13.8 Å². The van der Waals surface area contributed by atoms with Crippen LogP contribution in [0.15, 0.2) is 12.3 Å². The topological polar surface area (TPSA) is 38.7 Å². The SMILES string of the molecule is CC(C)c1ccnnn1. The van der Waals surface area contributed by atoms with Crippen molar-refractivity contribution >= 4 is 0 Å². The zero-order valence-corrected chi connectivity index (χ0v) is 5.57. The first-order valence-electron chi connectivity index (χ1n) is 2.95. The van der Waals surface area contributed by atoms with Crippen LogP contribution in [-0.4, -0.2) is 15.4 Å². The van der Waals surface area contributed by atoms with Crippen molar-refractivity contribution in [1.29, 1.82) is 0 Å². The quantitative estimate of drug-likeness (QED) is 0.559. The second kappa shape index (κ2) is 2.53. The van der Waals surface area contributed by atoms with Gasteiger partial charge in [0.25, 0.3) is 0 Å². The minimum atomic E-state index is 0.445. The molecular formula is C6H9N3. The average Bonchev–Trinajstić information content (AvgIpc) is 1.90. The van der Waals surface area contributed by atoms with Gasteiger partial charge in [-0.3, -0.25) is 0 Å². The Bertz CT molecular complexity index is 171. The van der Waals surface area contributed by atoms with Gasteiger partial charge in [-0.15, -0.1) is 10.2 Å². The lowest BCUT2D eigenvalue weighted by atomic mass is 10.1. The van der Waals surface area contributed by atoms with Gasteiger partial charge in [-0.2, -0.15) is 0 Å². The highest BCUT2D eigenvalue weighted by atomic mass is 15.3. The van der Waals surface area contributed by atoms with E-state index in [9.17, 15) is 0 Å². The summed E-state index contributed by atoms with van der Waals surface area (Å²) in [5.41, 5.74) is 0.991. The van der Waals surface area contributed by atoms with E-state index in [1.165, 1.54) is 0 Å². The van der Waals surface area contributed by atoms with Crippen molar-refractivity contribution < 1.29 is 0 Å². The van der Waals surface area contributed by atoms with Crippen LogP contribution in [0.3, 0.4) is 0 Å². The van der Waals surface area contributed by atoms with Crippen LogP contribution in [0.25, 0.3) is 0 Å². The molecule has 9 heavy (non-hydrogen) atoms. The van der Waals surface area contributed by atoms with Gasteiger partial charge in [0.2, 0.25) is 0 Å². The molecule has 3 nitrogen and oxygen atoms in total. The van der Waals surface area contributed by atoms with Gasteiger partial charge in [0, 0.05) is 0 Å². The summed E-state index contributed by atoms with van der Waals surface area (Å²) in [5.74, 6) is 0.445. The Morgan fingerprint density at radius 2 is 2.22 bits per heavy atom. The Labute approximate surface area is 54.1 Å². The van der Waals surface area contributed by atoms with Gasteiger partial charge in [0.15, 0.2) is 0 Å². The van der Waals surface area contributed by atoms with Crippen LogP contribution in [0.1, 0.15) is 25.5 Å². The molecule has 0 N–H and O–H groups in total. The maximum atomic E-state index is 3.82. The molecule has 1 heterocycles. The molecule has 0 aromatic carbocycles. The van der Waals surface area contributed by atoms with E-state index in [-0.39, 0.29) is 0 Å². The third-order valence-electron chi connectivity index (χ3n) is 1.12. The maximum Gasteiger partial charge on any atom is 0.0690 e. The number of rotatable bonds is 1. The van der Waals surface area contributed by atoms with Crippen molar-refractivity contribution in [2.75, 3.05) is 0 Å². The predicted octanol–water partition coefficient (Wildman–Crippen LogP) is 0.995. The zero-order valence-electron chi connectivity index (χ0n) is 5.57. The smallest absolute Gasteiger partial charge is 0.0690 e. The normalized spacial score (nSPS) is 10.1. The van der Waals surface area contributed by atoms with E-state index in [0.29, 0.717) is 5.92 Å². The van der Waals surface area contributed by atoms with Gasteiger partial charge in [0.1, 0.15) is 0 Å². The first kappa shape index (κ1) is 6.13. The second-order valence-corrected chi connectivity index (χ2v) is 2.20. The lowest BCUT2D eigenvalue weighted by Gasteiger charge is -1.98. The molecule has 1 aromatic heterocycles. The standard InChI is InChI=1S/C6H9N3/c1-5(2)6-3-4-7-9-8-6/h3-5H,1-2H3. The second-order valence-electron chi connectivity index (χ2n) is 2.20. The van der Waals surface area contributed by atoms with E-state index in [1.54, 1.807) is 6.20 Å². The summed E-state index contributed by atoms with van der Waals surface area (Å²) in [5, 5.41) is 10.9. The molecule has 0 unspecified atom stereocenters. The Hall–Kier alpha value is -0.990. The molecule has 0 radical (unpaired) electrons. The fourth-order valence-electron chi connectivity index (χ4n) is 0.558. The molecule has 0 saturated heterocycles. The number of hydrogen-bond acceptors (Lipinski definition) is 3. The molecule has 48 valence electrons. The molecule has 0 aliphatic rings. The Kier molecular flexibility index (Phi) is 1.72. The third kappa shape index (κ3) is 1.45. The molecular weight excluding hydrogens is 114 g/mol. The highest BCUT2D eigenvalue weighted by Gasteiger charge is 1.97. The van der Waals surface area contributed by atoms with Crippen LogP contribution in [-0.2, 0) is 0 Å². The molecule has 0 saturated carbocycles. The molecule has 1 aromatic rings. The van der Waals surface area contributed by atoms with Gasteiger partial charge in [-0.25, -0.2) is 0 Å². The van der Waals surface area contributed by atoms with Crippen molar-refractivity contribution in [2.45, 2.75) is 19.8 Å². The molecule has 0 spiro atoms. The molecule has 0 aliphatic carbocycles. The van der Waals surface area contributed by atoms with Crippen molar-refractivity contribution in [2.24, 2.45) is 0 Å². The van der Waals surface area contributed by atoms with Crippen LogP contribution in [0.2, 0.25) is 0 Å². The summed E-state index contributed by atoms with van der Waals surface area (Å²) in [6.45, 7) is 4.15. The summed E-state index contributed by atoms with van der Waals surface area (Å²) < 4.78 is 0. The summed E-state index contributed by atoms with van der Waals surface area (Å²) in [6.07, 6.45) is 1.66. The summed E-state index contributed by atoms with van der Waals surface area (Å²) in [7, 11) is 0. The van der Waals surface area contributed by atoms with E-state index >= 15 is 0 Å². The van der Waals surface area contributed by atoms with Crippen LogP contribution >= 0.6 is 0 Å². The minimum absolute atomic E-state index is 0.445. The molecule has 0 aliphatic heterocycles. The lowest BCUT2D eigenvalue weighted by molar-refractivity contribution is 0.741. The average molecular weight is 123 g/mol. The number of aromatic nitrogens is 3. The largest absolute Gasteiger partial charge is 0.139 e. The van der Waals surface area contributed by atoms with E-state index in [2.05, 4.69) is 29.3 Å². The van der Waals surface area contributed by atoms with Crippen LogP contribution in [0, 0.1) is 0 Å². The zero-order chi connectivity index (χ0) is 6.69. The molecule has 0 atom stereocenters. The summed E-state index contributed by atoms with van der Waals surface area (Å²) in [6, 6.07) is 1.87. The summed E-state index contributed by atoms with van der Waals surface area (Å²) >= 11 is 0. The van der Waals surface area contributed by atoms with Gasteiger partial charge >= 0.3 is 0 Å². The van der Waals surface area contributed by atoms with E-state index in [0.717, 1.165) is 5.69 Å². The molecule has 0 amide bonds. The van der Waals surface area contributed by atoms with Crippen LogP contribution in [0.5, 0.6) is 0 Å². The van der Waals surface area contributed by atoms with Crippen LogP contribution in [0.4, 0.5) is 0 Å². The van der Waals surface area contributed by atoms with Crippen molar-refractivity contribution in [3.63, 3.8) is 0 Å². The maximum absolute atomic E-state index is 3.82. The number of nitrogens with zero attached hydrogens (tertiary/aromatic N) is 3. The highest BCUT2D eigenvalue weighted by Crippen LogP contribution is 2.06. The molecule has 0 bridgehead atoms. The monoisotopic (exact) mass is 123 g/mol. The predicted molar refractivity (Wildman–Crippen MR) is 33.9 cm³/mol. The first-order valence-corrected chi connectivity index (χ1v) is 2.95. The van der Waals surface area contributed by atoms with Crippen molar-refractivity contribution in [3.05, 3.63) is 18.0 Å². The Morgan fingerprint density at radius 3 is 2.56 bits per heavy atom. The fraction of sp³-hybridized carbons (Fsp3) is 0.500. The highest BCUT2D eigenvalue weighted by molar-refractivity contribution is 5.00. The molecule has 1 rings (SSSR count). The Balaban J connectivity index is 2.85. The third-order valence-corrected chi connectivity index (χ3v) is 1.12. The van der Waals surface area contributed by atoms with Crippen molar-refractivity contribution in [1.82, 2.24) is 15.4 Å². The first-order chi connectivity index (χ1) is 4.30. The summed E-state index contributed by atoms with van der Waals surface area (Å²) in [4.78, 5) is 0. The lowest BCUT2D eigenvalue weighted by Crippen LogP contribution is -1.94. The van der Waals surface area contributed by atoms with E-state index < -0.39 is 0 Å². The Morgan fingerprint density at radius 1 is 1.44 bits per heavy atom. The molecule has 0 fully saturated rings. The van der Waals surface area contributed by atoms with Crippen molar-refractivity contribution in [3.8, 4) is 0 Å². The number of hydrogen-bond donors (Lipinski definition) is 0. The van der Waals surface area contributed by atoms with Gasteiger partial charge < -0.3 is 0 Å². The fourth-order valence-corrected chi connectivity index (χ4v) is 0.558. The van der Waals surface area contributed by atoms with Gasteiger partial charge in [0.05, 0.1) is 11.9 Å². The van der Waals surface area contributed by atoms with E-state index in [1.807, 2.05) is 6.07 Å². The van der Waals surface area contributed by atoms with Crippen LogP contribution < -0.4 is 0 Å². The molecule has 3 heteroatoms.